The van der Waals surface area contributed by atoms with Crippen molar-refractivity contribution in [2.24, 2.45) is 0 Å². The topological polar surface area (TPSA) is 58.2 Å². The standard InChI is InChI=1S/C20H16Cl2N2O2S/c1-11-10-17(24-19(25)13-6-3-4-7-15(13)22)27-18(11)20(26)23-16-9-5-8-14(21)12(16)2/h3-10H,1-2H3,(H,23,26)(H,24,25). The van der Waals surface area contributed by atoms with Crippen molar-refractivity contribution in [1.82, 2.24) is 0 Å². The van der Waals surface area contributed by atoms with Crippen LogP contribution in [0.2, 0.25) is 10.0 Å². The van der Waals surface area contributed by atoms with Crippen LogP contribution in [0.5, 0.6) is 0 Å². The summed E-state index contributed by atoms with van der Waals surface area (Å²) in [6.45, 7) is 3.66. The van der Waals surface area contributed by atoms with E-state index in [1.54, 1.807) is 48.5 Å². The molecule has 2 N–H and O–H groups in total. The van der Waals surface area contributed by atoms with Gasteiger partial charge >= 0.3 is 0 Å². The van der Waals surface area contributed by atoms with Crippen molar-refractivity contribution in [3.63, 3.8) is 0 Å². The molecule has 138 valence electrons. The van der Waals surface area contributed by atoms with Crippen LogP contribution in [0.1, 0.15) is 31.2 Å². The molecular formula is C20H16Cl2N2O2S. The van der Waals surface area contributed by atoms with Crippen LogP contribution in [-0.4, -0.2) is 11.8 Å². The Balaban J connectivity index is 1.78. The Bertz CT molecular complexity index is 1030. The summed E-state index contributed by atoms with van der Waals surface area (Å²) in [6, 6.07) is 13.9. The van der Waals surface area contributed by atoms with Gasteiger partial charge in [0.2, 0.25) is 0 Å². The summed E-state index contributed by atoms with van der Waals surface area (Å²) in [5.74, 6) is -0.569. The molecule has 1 aromatic heterocycles. The van der Waals surface area contributed by atoms with Crippen LogP contribution < -0.4 is 10.6 Å². The van der Waals surface area contributed by atoms with E-state index in [0.29, 0.717) is 31.2 Å². The molecule has 27 heavy (non-hydrogen) atoms. The Hall–Kier alpha value is -2.34. The summed E-state index contributed by atoms with van der Waals surface area (Å²) in [6.07, 6.45) is 0. The van der Waals surface area contributed by atoms with Crippen LogP contribution in [0.15, 0.2) is 48.5 Å². The fourth-order valence-corrected chi connectivity index (χ4v) is 3.87. The molecule has 0 fully saturated rings. The summed E-state index contributed by atoms with van der Waals surface area (Å²) < 4.78 is 0. The first-order valence-electron chi connectivity index (χ1n) is 8.09. The van der Waals surface area contributed by atoms with Gasteiger partial charge in [-0.05, 0) is 55.3 Å². The predicted octanol–water partition coefficient (Wildman–Crippen LogP) is 6.18. The summed E-state index contributed by atoms with van der Waals surface area (Å²) in [5.41, 5.74) is 2.60. The highest BCUT2D eigenvalue weighted by molar-refractivity contribution is 7.18. The molecule has 7 heteroatoms. The highest BCUT2D eigenvalue weighted by Crippen LogP contribution is 2.30. The van der Waals surface area contributed by atoms with E-state index in [9.17, 15) is 9.59 Å². The molecule has 0 aliphatic carbocycles. The largest absolute Gasteiger partial charge is 0.321 e. The maximum atomic E-state index is 12.6. The van der Waals surface area contributed by atoms with E-state index in [4.69, 9.17) is 23.2 Å². The number of nitrogens with one attached hydrogen (secondary N) is 2. The first kappa shape index (κ1) is 19.4. The van der Waals surface area contributed by atoms with Gasteiger partial charge in [0.05, 0.1) is 20.5 Å². The van der Waals surface area contributed by atoms with Gasteiger partial charge < -0.3 is 10.6 Å². The fourth-order valence-electron chi connectivity index (χ4n) is 2.52. The van der Waals surface area contributed by atoms with Crippen LogP contribution in [0.4, 0.5) is 10.7 Å². The highest BCUT2D eigenvalue weighted by atomic mass is 35.5. The Morgan fingerprint density at radius 2 is 1.59 bits per heavy atom. The average Bonchev–Trinajstić information content (AvgIpc) is 2.99. The maximum absolute atomic E-state index is 12.6. The predicted molar refractivity (Wildman–Crippen MR) is 113 cm³/mol. The molecule has 0 aliphatic heterocycles. The van der Waals surface area contributed by atoms with Crippen LogP contribution in [-0.2, 0) is 0 Å². The van der Waals surface area contributed by atoms with Crippen molar-refractivity contribution in [2.75, 3.05) is 10.6 Å². The molecule has 0 radical (unpaired) electrons. The average molecular weight is 419 g/mol. The van der Waals surface area contributed by atoms with E-state index >= 15 is 0 Å². The van der Waals surface area contributed by atoms with Crippen molar-refractivity contribution in [3.8, 4) is 0 Å². The zero-order valence-corrected chi connectivity index (χ0v) is 16.9. The van der Waals surface area contributed by atoms with E-state index in [0.717, 1.165) is 11.1 Å². The van der Waals surface area contributed by atoms with E-state index in [-0.39, 0.29) is 11.8 Å². The highest BCUT2D eigenvalue weighted by Gasteiger charge is 2.17. The number of anilines is 2. The molecule has 2 amide bonds. The van der Waals surface area contributed by atoms with Crippen molar-refractivity contribution in [1.29, 1.82) is 0 Å². The monoisotopic (exact) mass is 418 g/mol. The molecule has 3 aromatic rings. The Labute approximate surface area is 171 Å². The van der Waals surface area contributed by atoms with Crippen molar-refractivity contribution < 1.29 is 9.59 Å². The number of amides is 2. The first-order chi connectivity index (χ1) is 12.9. The molecule has 1 heterocycles. The van der Waals surface area contributed by atoms with Gasteiger partial charge in [0, 0.05) is 10.7 Å². The molecule has 0 saturated carbocycles. The number of hydrogen-bond acceptors (Lipinski definition) is 3. The van der Waals surface area contributed by atoms with Crippen LogP contribution in [0.25, 0.3) is 0 Å². The summed E-state index contributed by atoms with van der Waals surface area (Å²) in [7, 11) is 0. The lowest BCUT2D eigenvalue weighted by atomic mass is 10.2. The summed E-state index contributed by atoms with van der Waals surface area (Å²) in [4.78, 5) is 25.6. The Morgan fingerprint density at radius 3 is 2.33 bits per heavy atom. The third kappa shape index (κ3) is 4.33. The van der Waals surface area contributed by atoms with Gasteiger partial charge in [-0.1, -0.05) is 41.4 Å². The number of thiophene rings is 1. The SMILES string of the molecule is Cc1cc(NC(=O)c2ccccc2Cl)sc1C(=O)Nc1cccc(Cl)c1C. The van der Waals surface area contributed by atoms with Gasteiger partial charge in [-0.15, -0.1) is 11.3 Å². The number of aryl methyl sites for hydroxylation is 1. The van der Waals surface area contributed by atoms with E-state index in [2.05, 4.69) is 10.6 Å². The van der Waals surface area contributed by atoms with Crippen LogP contribution in [0.3, 0.4) is 0 Å². The number of carbonyl (C=O) groups is 2. The first-order valence-corrected chi connectivity index (χ1v) is 9.67. The number of hydrogen-bond donors (Lipinski definition) is 2. The minimum absolute atomic E-state index is 0.249. The van der Waals surface area contributed by atoms with Crippen LogP contribution >= 0.6 is 34.5 Å². The summed E-state index contributed by atoms with van der Waals surface area (Å²) >= 11 is 13.4. The minimum Gasteiger partial charge on any atom is -0.321 e. The normalized spacial score (nSPS) is 10.5. The third-order valence-corrected chi connectivity index (χ3v) is 5.89. The molecule has 0 saturated heterocycles. The lowest BCUT2D eigenvalue weighted by molar-refractivity contribution is 0.102. The van der Waals surface area contributed by atoms with Gasteiger partial charge in [-0.2, -0.15) is 0 Å². The van der Waals surface area contributed by atoms with Gasteiger partial charge in [0.25, 0.3) is 11.8 Å². The molecule has 0 spiro atoms. The van der Waals surface area contributed by atoms with E-state index in [1.807, 2.05) is 13.8 Å². The molecular weight excluding hydrogens is 403 g/mol. The number of rotatable bonds is 4. The number of benzene rings is 2. The zero-order valence-electron chi connectivity index (χ0n) is 14.6. The fraction of sp³-hybridized carbons (Fsp3) is 0.100. The zero-order chi connectivity index (χ0) is 19.6. The van der Waals surface area contributed by atoms with Gasteiger partial charge in [-0.3, -0.25) is 9.59 Å². The van der Waals surface area contributed by atoms with E-state index in [1.165, 1.54) is 11.3 Å². The molecule has 0 atom stereocenters. The van der Waals surface area contributed by atoms with Crippen molar-refractivity contribution in [3.05, 3.63) is 80.1 Å². The van der Waals surface area contributed by atoms with Gasteiger partial charge in [-0.25, -0.2) is 0 Å². The quantitative estimate of drug-likeness (QED) is 0.531. The van der Waals surface area contributed by atoms with Crippen LogP contribution in [0, 0.1) is 13.8 Å². The lowest BCUT2D eigenvalue weighted by Crippen LogP contribution is -2.12. The second kappa shape index (κ2) is 8.13. The molecule has 0 bridgehead atoms. The lowest BCUT2D eigenvalue weighted by Gasteiger charge is -2.09. The molecule has 0 unspecified atom stereocenters. The minimum atomic E-state index is -0.320. The van der Waals surface area contributed by atoms with E-state index < -0.39 is 0 Å². The molecule has 4 nitrogen and oxygen atoms in total. The molecule has 3 rings (SSSR count). The van der Waals surface area contributed by atoms with Crippen molar-refractivity contribution >= 4 is 57.0 Å². The number of halogens is 2. The van der Waals surface area contributed by atoms with Gasteiger partial charge in [0.15, 0.2) is 0 Å². The maximum Gasteiger partial charge on any atom is 0.266 e. The Kier molecular flexibility index (Phi) is 5.85. The Morgan fingerprint density at radius 1 is 0.889 bits per heavy atom. The smallest absolute Gasteiger partial charge is 0.266 e. The number of carbonyl (C=O) groups excluding carboxylic acids is 2. The third-order valence-electron chi connectivity index (χ3n) is 4.00. The second-order valence-electron chi connectivity index (χ2n) is 5.92. The molecule has 2 aromatic carbocycles. The molecule has 0 aliphatic rings. The van der Waals surface area contributed by atoms with Crippen molar-refractivity contribution in [2.45, 2.75) is 13.8 Å². The van der Waals surface area contributed by atoms with Gasteiger partial charge in [0.1, 0.15) is 0 Å². The summed E-state index contributed by atoms with van der Waals surface area (Å²) in [5, 5.41) is 7.20. The second-order valence-corrected chi connectivity index (χ2v) is 7.79.